The van der Waals surface area contributed by atoms with Gasteiger partial charge in [-0.3, -0.25) is 20.3 Å². The van der Waals surface area contributed by atoms with Gasteiger partial charge in [-0.1, -0.05) is 0 Å². The van der Waals surface area contributed by atoms with Gasteiger partial charge in [0.25, 0.3) is 10.9 Å². The number of nitrogens with two attached hydrogens (primary N) is 1. The lowest BCUT2D eigenvalue weighted by Gasteiger charge is -2.27. The van der Waals surface area contributed by atoms with Crippen LogP contribution in [-0.4, -0.2) is 84.1 Å². The van der Waals surface area contributed by atoms with E-state index >= 15 is 0 Å². The van der Waals surface area contributed by atoms with Gasteiger partial charge in [0, 0.05) is 19.6 Å². The molecule has 8 N–H and O–H groups in total. The monoisotopic (exact) mass is 382 g/mol. The van der Waals surface area contributed by atoms with E-state index in [1.807, 2.05) is 0 Å². The topological polar surface area (TPSA) is 190 Å². The zero-order chi connectivity index (χ0) is 19.7. The first kappa shape index (κ1) is 19.4. The first-order chi connectivity index (χ1) is 12.9. The number of ether oxygens (including phenoxy) is 1. The Bertz CT molecular complexity index is 792. The van der Waals surface area contributed by atoms with Crippen LogP contribution in [0.2, 0.25) is 0 Å². The van der Waals surface area contributed by atoms with Crippen molar-refractivity contribution in [2.45, 2.75) is 30.6 Å². The molecule has 0 aromatic heterocycles. The predicted octanol–water partition coefficient (Wildman–Crippen LogP) is -4.08. The molecule has 2 heterocycles. The smallest absolute Gasteiger partial charge is 0.253 e. The number of hydrogen-bond acceptors (Lipinski definition) is 11. The third-order valence-electron chi connectivity index (χ3n) is 4.70. The molecule has 0 spiro atoms. The molecule has 2 aliphatic heterocycles. The second kappa shape index (κ2) is 7.70. The number of rotatable bonds is 8. The highest BCUT2D eigenvalue weighted by molar-refractivity contribution is 5.99. The summed E-state index contributed by atoms with van der Waals surface area (Å²) < 4.78 is 5.64. The van der Waals surface area contributed by atoms with E-state index in [9.17, 15) is 24.6 Å². The summed E-state index contributed by atoms with van der Waals surface area (Å²) in [5.74, 6) is -0.0643. The van der Waals surface area contributed by atoms with Gasteiger partial charge in [-0.25, -0.2) is 0 Å². The molecule has 2 aliphatic rings. The molecule has 0 radical (unpaired) electrons. The minimum Gasteiger partial charge on any atom is -0.387 e. The van der Waals surface area contributed by atoms with E-state index in [2.05, 4.69) is 16.0 Å². The van der Waals surface area contributed by atoms with Crippen LogP contribution >= 0.6 is 0 Å². The summed E-state index contributed by atoms with van der Waals surface area (Å²) in [6.07, 6.45) is -3.93. The number of amidine groups is 1. The molecule has 0 aliphatic carbocycles. The van der Waals surface area contributed by atoms with Crippen molar-refractivity contribution in [3.63, 3.8) is 0 Å². The number of anilines is 2. The zero-order valence-corrected chi connectivity index (χ0v) is 14.3. The Labute approximate surface area is 153 Å². The molecular formula is C15H22N6O6. The van der Waals surface area contributed by atoms with Crippen molar-refractivity contribution < 1.29 is 19.7 Å². The molecule has 27 heavy (non-hydrogen) atoms. The summed E-state index contributed by atoms with van der Waals surface area (Å²) in [7, 11) is 0. The third-order valence-corrected chi connectivity index (χ3v) is 4.70. The van der Waals surface area contributed by atoms with Crippen molar-refractivity contribution in [1.29, 1.82) is 5.41 Å². The first-order valence-electron chi connectivity index (χ1n) is 8.47. The van der Waals surface area contributed by atoms with Crippen molar-refractivity contribution in [3.8, 4) is 0 Å². The van der Waals surface area contributed by atoms with Crippen molar-refractivity contribution in [3.05, 3.63) is 20.4 Å². The summed E-state index contributed by atoms with van der Waals surface area (Å²) in [4.78, 5) is 35.5. The first-order valence-corrected chi connectivity index (χ1v) is 8.47. The van der Waals surface area contributed by atoms with E-state index in [-0.39, 0.29) is 37.0 Å². The highest BCUT2D eigenvalue weighted by atomic mass is 16.6. The Balaban J connectivity index is 1.63. The van der Waals surface area contributed by atoms with Crippen molar-refractivity contribution in [2.75, 3.05) is 36.9 Å². The summed E-state index contributed by atoms with van der Waals surface area (Å²) in [5.41, 5.74) is 4.25. The van der Waals surface area contributed by atoms with Gasteiger partial charge in [0.1, 0.15) is 47.9 Å². The van der Waals surface area contributed by atoms with Crippen LogP contribution in [0.4, 0.5) is 11.4 Å². The second-order valence-electron chi connectivity index (χ2n) is 6.38. The highest BCUT2D eigenvalue weighted by Crippen LogP contribution is 2.26. The fraction of sp³-hybridized carbons (Fsp3) is 0.600. The molecule has 0 saturated carbocycles. The van der Waals surface area contributed by atoms with Crippen LogP contribution in [0.15, 0.2) is 9.59 Å². The average molecular weight is 382 g/mol. The predicted molar refractivity (Wildman–Crippen MR) is 95.5 cm³/mol. The molecule has 5 atom stereocenters. The Morgan fingerprint density at radius 2 is 1.93 bits per heavy atom. The van der Waals surface area contributed by atoms with Gasteiger partial charge in [0.15, 0.2) is 6.23 Å². The molecule has 148 valence electrons. The minimum absolute atomic E-state index is 0.0391. The number of nitrogens with zero attached hydrogens (tertiary/aromatic N) is 1. The van der Waals surface area contributed by atoms with Gasteiger partial charge >= 0.3 is 0 Å². The molecule has 12 heteroatoms. The van der Waals surface area contributed by atoms with E-state index in [1.165, 1.54) is 4.90 Å². The van der Waals surface area contributed by atoms with Gasteiger partial charge < -0.3 is 41.0 Å². The Hall–Kier alpha value is -2.38. The molecular weight excluding hydrogens is 360 g/mol. The quantitative estimate of drug-likeness (QED) is 0.171. The van der Waals surface area contributed by atoms with E-state index in [0.717, 1.165) is 0 Å². The summed E-state index contributed by atoms with van der Waals surface area (Å²) in [6, 6.07) is -0.796. The lowest BCUT2D eigenvalue weighted by Crippen LogP contribution is -2.46. The van der Waals surface area contributed by atoms with Crippen LogP contribution in [0, 0.1) is 5.41 Å². The molecule has 3 rings (SSSR count). The van der Waals surface area contributed by atoms with Gasteiger partial charge in [0.05, 0.1) is 6.67 Å². The maximum atomic E-state index is 11.7. The largest absolute Gasteiger partial charge is 0.387 e. The summed E-state index contributed by atoms with van der Waals surface area (Å²) in [5, 5.41) is 36.7. The van der Waals surface area contributed by atoms with Crippen LogP contribution in [-0.2, 0) is 9.53 Å². The Morgan fingerprint density at radius 1 is 1.26 bits per heavy atom. The normalized spacial score (nSPS) is 30.9. The van der Waals surface area contributed by atoms with E-state index in [4.69, 9.17) is 15.9 Å². The lowest BCUT2D eigenvalue weighted by atomic mass is 10.1. The number of nitrogens with one attached hydrogen (secondary N) is 4. The Kier molecular flexibility index (Phi) is 5.53. The van der Waals surface area contributed by atoms with Gasteiger partial charge in [-0.05, 0) is 0 Å². The van der Waals surface area contributed by atoms with Crippen molar-refractivity contribution >= 4 is 23.5 Å². The SMILES string of the molecule is N=C1C(C=O)NCN1C1OC(CNc2c(NCCN)c(=O)c2=O)C(O)C1O. The van der Waals surface area contributed by atoms with Crippen molar-refractivity contribution in [2.24, 2.45) is 5.73 Å². The third kappa shape index (κ3) is 3.33. The highest BCUT2D eigenvalue weighted by Gasteiger charge is 2.48. The summed E-state index contributed by atoms with van der Waals surface area (Å²) >= 11 is 0. The van der Waals surface area contributed by atoms with Crippen LogP contribution < -0.4 is 32.5 Å². The fourth-order valence-corrected chi connectivity index (χ4v) is 3.18. The molecule has 12 nitrogen and oxygen atoms in total. The molecule has 0 amide bonds. The standard InChI is InChI=1S/C15H22N6O6/c16-1-2-18-8-9(12(25)11(8)24)19-3-7-10(23)13(26)15(27-7)21-5-20-6(4-22)14(21)17/h4,6-7,10,13,15,17-20,23,26H,1-3,5,16H2. The number of hydrogen-bond donors (Lipinski definition) is 7. The van der Waals surface area contributed by atoms with Gasteiger partial charge in [-0.15, -0.1) is 0 Å². The molecule has 1 aromatic rings. The van der Waals surface area contributed by atoms with Crippen molar-refractivity contribution in [1.82, 2.24) is 10.2 Å². The number of carbonyl (C=O) groups is 1. The number of carbonyl (C=O) groups excluding carboxylic acids is 1. The number of aliphatic hydroxyl groups excluding tert-OH is 2. The molecule has 5 unspecified atom stereocenters. The Morgan fingerprint density at radius 3 is 2.52 bits per heavy atom. The summed E-state index contributed by atoms with van der Waals surface area (Å²) in [6.45, 7) is 0.684. The van der Waals surface area contributed by atoms with Crippen LogP contribution in [0.5, 0.6) is 0 Å². The zero-order valence-electron chi connectivity index (χ0n) is 14.3. The average Bonchev–Trinajstić information content (AvgIpc) is 3.17. The maximum absolute atomic E-state index is 11.7. The fourth-order valence-electron chi connectivity index (χ4n) is 3.18. The molecule has 2 saturated heterocycles. The van der Waals surface area contributed by atoms with Gasteiger partial charge in [-0.2, -0.15) is 0 Å². The van der Waals surface area contributed by atoms with Crippen LogP contribution in [0.3, 0.4) is 0 Å². The molecule has 1 aromatic carbocycles. The van der Waals surface area contributed by atoms with E-state index in [1.54, 1.807) is 0 Å². The minimum atomic E-state index is -1.31. The lowest BCUT2D eigenvalue weighted by molar-refractivity contribution is -0.108. The van der Waals surface area contributed by atoms with E-state index in [0.29, 0.717) is 12.8 Å². The number of aldehydes is 1. The van der Waals surface area contributed by atoms with Crippen LogP contribution in [0.1, 0.15) is 0 Å². The molecule has 2 fully saturated rings. The molecule has 0 bridgehead atoms. The number of aliphatic hydroxyl groups is 2. The van der Waals surface area contributed by atoms with E-state index < -0.39 is 41.4 Å². The van der Waals surface area contributed by atoms with Crippen LogP contribution in [0.25, 0.3) is 0 Å². The van der Waals surface area contributed by atoms with Gasteiger partial charge in [0.2, 0.25) is 0 Å². The maximum Gasteiger partial charge on any atom is 0.253 e. The second-order valence-corrected chi connectivity index (χ2v) is 6.38.